The second-order valence-corrected chi connectivity index (χ2v) is 6.31. The van der Waals surface area contributed by atoms with Crippen molar-refractivity contribution >= 4 is 22.2 Å². The van der Waals surface area contributed by atoms with Gasteiger partial charge in [0.05, 0.1) is 5.56 Å². The first-order chi connectivity index (χ1) is 9.72. The van der Waals surface area contributed by atoms with E-state index in [0.29, 0.717) is 0 Å². The van der Waals surface area contributed by atoms with Crippen LogP contribution < -0.4 is 10.6 Å². The predicted molar refractivity (Wildman–Crippen MR) is 78.3 cm³/mol. The Morgan fingerprint density at radius 1 is 1.15 bits per heavy atom. The summed E-state index contributed by atoms with van der Waals surface area (Å²) in [5.41, 5.74) is 3.02. The number of aryl methyl sites for hydroxylation is 1. The average molecular weight is 286 g/mol. The second kappa shape index (κ2) is 4.24. The van der Waals surface area contributed by atoms with Gasteiger partial charge in [-0.3, -0.25) is 4.79 Å². The molecular weight excluding hydrogens is 272 g/mol. The van der Waals surface area contributed by atoms with Gasteiger partial charge in [-0.25, -0.2) is 0 Å². The second-order valence-electron chi connectivity index (χ2n) is 5.20. The first-order valence-electron chi connectivity index (χ1n) is 6.73. The number of hydrogen-bond acceptors (Lipinski definition) is 4. The molecule has 1 aliphatic heterocycles. The zero-order valence-electron chi connectivity index (χ0n) is 10.8. The highest BCUT2D eigenvalue weighted by molar-refractivity contribution is 7.16. The van der Waals surface area contributed by atoms with Crippen molar-refractivity contribution in [2.24, 2.45) is 0 Å². The van der Waals surface area contributed by atoms with Gasteiger partial charge in [0.25, 0.3) is 5.91 Å². The third-order valence-electron chi connectivity index (χ3n) is 3.93. The Morgan fingerprint density at radius 3 is 2.75 bits per heavy atom. The molecular formula is C15H14N2O2S. The van der Waals surface area contributed by atoms with Crippen molar-refractivity contribution in [3.8, 4) is 5.75 Å². The maximum Gasteiger partial charge on any atom is 0.256 e. The average Bonchev–Trinajstić information content (AvgIpc) is 2.99. The van der Waals surface area contributed by atoms with Gasteiger partial charge in [0.2, 0.25) is 0 Å². The maximum absolute atomic E-state index is 12.4. The fraction of sp³-hybridized carbons (Fsp3) is 0.267. The molecule has 0 spiro atoms. The number of phenols is 1. The van der Waals surface area contributed by atoms with Crippen LogP contribution in [-0.4, -0.2) is 11.0 Å². The predicted octanol–water partition coefficient (Wildman–Crippen LogP) is 2.80. The van der Waals surface area contributed by atoms with Gasteiger partial charge in [-0.1, -0.05) is 12.1 Å². The number of phenolic OH excluding ortho intramolecular Hbond substituents is 1. The van der Waals surface area contributed by atoms with Crippen LogP contribution in [0.3, 0.4) is 0 Å². The highest BCUT2D eigenvalue weighted by Crippen LogP contribution is 2.42. The van der Waals surface area contributed by atoms with Crippen LogP contribution in [0.5, 0.6) is 5.75 Å². The zero-order chi connectivity index (χ0) is 13.7. The number of hydrogen-bond donors (Lipinski definition) is 3. The molecule has 0 fully saturated rings. The first-order valence-corrected chi connectivity index (χ1v) is 7.55. The highest BCUT2D eigenvalue weighted by Gasteiger charge is 2.32. The quantitative estimate of drug-likeness (QED) is 0.755. The largest absolute Gasteiger partial charge is 0.508 e. The van der Waals surface area contributed by atoms with E-state index in [9.17, 15) is 9.90 Å². The summed E-state index contributed by atoms with van der Waals surface area (Å²) in [4.78, 5) is 13.7. The van der Waals surface area contributed by atoms with Crippen LogP contribution >= 0.6 is 11.3 Å². The van der Waals surface area contributed by atoms with Crippen LogP contribution in [0.2, 0.25) is 0 Å². The Balaban J connectivity index is 1.71. The van der Waals surface area contributed by atoms with Gasteiger partial charge in [-0.2, -0.15) is 0 Å². The lowest BCUT2D eigenvalue weighted by atomic mass is 10.1. The number of thiophene rings is 1. The Labute approximate surface area is 120 Å². The summed E-state index contributed by atoms with van der Waals surface area (Å²) >= 11 is 1.71. The number of amides is 1. The van der Waals surface area contributed by atoms with Gasteiger partial charge < -0.3 is 15.7 Å². The van der Waals surface area contributed by atoms with Gasteiger partial charge in [-0.05, 0) is 42.5 Å². The SMILES string of the molecule is O=C1NC(c2ccc(O)cc2)Nc2sc3c(c21)CCC3. The first kappa shape index (κ1) is 11.8. The molecule has 1 aromatic carbocycles. The molecule has 102 valence electrons. The summed E-state index contributed by atoms with van der Waals surface area (Å²) in [7, 11) is 0. The van der Waals surface area contributed by atoms with Gasteiger partial charge in [-0.15, -0.1) is 11.3 Å². The van der Waals surface area contributed by atoms with E-state index in [1.54, 1.807) is 23.5 Å². The van der Waals surface area contributed by atoms with Gasteiger partial charge >= 0.3 is 0 Å². The fourth-order valence-electron chi connectivity index (χ4n) is 2.95. The summed E-state index contributed by atoms with van der Waals surface area (Å²) in [6.45, 7) is 0. The maximum atomic E-state index is 12.4. The molecule has 1 aliphatic carbocycles. The number of anilines is 1. The zero-order valence-corrected chi connectivity index (χ0v) is 11.6. The molecule has 0 saturated heterocycles. The fourth-order valence-corrected chi connectivity index (χ4v) is 4.26. The molecule has 1 atom stereocenters. The molecule has 2 heterocycles. The van der Waals surface area contributed by atoms with Crippen molar-refractivity contribution in [2.75, 3.05) is 5.32 Å². The molecule has 3 N–H and O–H groups in total. The van der Waals surface area contributed by atoms with E-state index >= 15 is 0 Å². The number of fused-ring (bicyclic) bond motifs is 3. The lowest BCUT2D eigenvalue weighted by molar-refractivity contribution is 0.0935. The minimum Gasteiger partial charge on any atom is -0.508 e. The van der Waals surface area contributed by atoms with Crippen LogP contribution in [0, 0.1) is 0 Å². The van der Waals surface area contributed by atoms with E-state index in [-0.39, 0.29) is 17.8 Å². The normalized spacial score (nSPS) is 20.0. The van der Waals surface area contributed by atoms with E-state index < -0.39 is 0 Å². The highest BCUT2D eigenvalue weighted by atomic mass is 32.1. The Kier molecular flexibility index (Phi) is 2.50. The minimum atomic E-state index is -0.227. The number of rotatable bonds is 1. The van der Waals surface area contributed by atoms with Crippen LogP contribution in [-0.2, 0) is 12.8 Å². The van der Waals surface area contributed by atoms with E-state index in [0.717, 1.165) is 35.4 Å². The topological polar surface area (TPSA) is 61.4 Å². The van der Waals surface area contributed by atoms with E-state index in [2.05, 4.69) is 10.6 Å². The molecule has 0 radical (unpaired) electrons. The van der Waals surface area contributed by atoms with Crippen molar-refractivity contribution in [1.82, 2.24) is 5.32 Å². The lowest BCUT2D eigenvalue weighted by Crippen LogP contribution is -2.38. The monoisotopic (exact) mass is 286 g/mol. The number of carbonyl (C=O) groups excluding carboxylic acids is 1. The standard InChI is InChI=1S/C15H14N2O2S/c18-9-6-4-8(5-7-9)13-16-14(19)12-10-2-1-3-11(10)20-15(12)17-13/h4-7,13,17-18H,1-3H2,(H,16,19). The summed E-state index contributed by atoms with van der Waals surface area (Å²) in [5.74, 6) is 0.239. The van der Waals surface area contributed by atoms with Gasteiger partial charge in [0.15, 0.2) is 0 Å². The Hall–Kier alpha value is -2.01. The van der Waals surface area contributed by atoms with Gasteiger partial charge in [0.1, 0.15) is 16.9 Å². The molecule has 5 heteroatoms. The van der Waals surface area contributed by atoms with Gasteiger partial charge in [0, 0.05) is 4.88 Å². The number of carbonyl (C=O) groups is 1. The van der Waals surface area contributed by atoms with Crippen LogP contribution in [0.4, 0.5) is 5.00 Å². The van der Waals surface area contributed by atoms with E-state index in [1.165, 1.54) is 10.4 Å². The molecule has 20 heavy (non-hydrogen) atoms. The molecule has 4 nitrogen and oxygen atoms in total. The molecule has 1 unspecified atom stereocenters. The summed E-state index contributed by atoms with van der Waals surface area (Å²) in [6.07, 6.45) is 3.03. The van der Waals surface area contributed by atoms with E-state index in [1.807, 2.05) is 12.1 Å². The molecule has 1 amide bonds. The van der Waals surface area contributed by atoms with Crippen LogP contribution in [0.1, 0.15) is 38.9 Å². The Bertz CT molecular complexity index is 691. The number of benzene rings is 1. The van der Waals surface area contributed by atoms with E-state index in [4.69, 9.17) is 0 Å². The Morgan fingerprint density at radius 2 is 1.95 bits per heavy atom. The molecule has 2 aromatic rings. The minimum absolute atomic E-state index is 0.0104. The third-order valence-corrected chi connectivity index (χ3v) is 5.15. The summed E-state index contributed by atoms with van der Waals surface area (Å²) in [5, 5.41) is 16.7. The smallest absolute Gasteiger partial charge is 0.256 e. The van der Waals surface area contributed by atoms with Crippen molar-refractivity contribution < 1.29 is 9.90 Å². The summed E-state index contributed by atoms with van der Waals surface area (Å²) in [6, 6.07) is 6.90. The third kappa shape index (κ3) is 1.70. The molecule has 2 aliphatic rings. The molecule has 0 bridgehead atoms. The lowest BCUT2D eigenvalue weighted by Gasteiger charge is -2.26. The van der Waals surface area contributed by atoms with Crippen LogP contribution in [0.25, 0.3) is 0 Å². The van der Waals surface area contributed by atoms with Crippen molar-refractivity contribution in [2.45, 2.75) is 25.4 Å². The van der Waals surface area contributed by atoms with Crippen molar-refractivity contribution in [3.05, 3.63) is 45.8 Å². The molecule has 1 aromatic heterocycles. The number of aromatic hydroxyl groups is 1. The number of nitrogens with one attached hydrogen (secondary N) is 2. The molecule has 0 saturated carbocycles. The van der Waals surface area contributed by atoms with Crippen LogP contribution in [0.15, 0.2) is 24.3 Å². The van der Waals surface area contributed by atoms with Crippen molar-refractivity contribution in [3.63, 3.8) is 0 Å². The van der Waals surface area contributed by atoms with Crippen molar-refractivity contribution in [1.29, 1.82) is 0 Å². The molecule has 4 rings (SSSR count). The summed E-state index contributed by atoms with van der Waals surface area (Å²) < 4.78 is 0.